The van der Waals surface area contributed by atoms with E-state index in [1.165, 1.54) is 7.11 Å². The van der Waals surface area contributed by atoms with Crippen molar-refractivity contribution in [3.8, 4) is 0 Å². The van der Waals surface area contributed by atoms with E-state index in [9.17, 15) is 14.7 Å². The van der Waals surface area contributed by atoms with Crippen molar-refractivity contribution in [2.24, 2.45) is 10.9 Å². The highest BCUT2D eigenvalue weighted by Gasteiger charge is 2.24. The van der Waals surface area contributed by atoms with Crippen molar-refractivity contribution in [1.82, 2.24) is 9.55 Å². The van der Waals surface area contributed by atoms with E-state index in [0.29, 0.717) is 22.3 Å². The molecule has 1 aromatic heterocycles. The first-order chi connectivity index (χ1) is 13.7. The average Bonchev–Trinajstić information content (AvgIpc) is 3.05. The molecule has 1 N–H and O–H groups in total. The van der Waals surface area contributed by atoms with Gasteiger partial charge in [0.2, 0.25) is 0 Å². The minimum atomic E-state index is -1.14. The molecule has 2 rings (SSSR count). The van der Waals surface area contributed by atoms with Gasteiger partial charge in [0.15, 0.2) is 6.04 Å². The number of rotatable bonds is 9. The van der Waals surface area contributed by atoms with E-state index in [4.69, 9.17) is 27.9 Å². The normalized spacial score (nSPS) is 12.8. The van der Waals surface area contributed by atoms with Crippen LogP contribution >= 0.6 is 23.2 Å². The highest BCUT2D eigenvalue weighted by Crippen LogP contribution is 2.20. The topological polar surface area (TPSA) is 93.8 Å². The Bertz CT molecular complexity index is 889. The van der Waals surface area contributed by atoms with Gasteiger partial charge in [0.25, 0.3) is 0 Å². The molecule has 0 saturated heterocycles. The Morgan fingerprint density at radius 2 is 1.90 bits per heavy atom. The van der Waals surface area contributed by atoms with Crippen molar-refractivity contribution < 1.29 is 19.4 Å². The molecule has 9 heteroatoms. The van der Waals surface area contributed by atoms with Gasteiger partial charge in [0.1, 0.15) is 5.71 Å². The van der Waals surface area contributed by atoms with Crippen LogP contribution < -0.4 is 0 Å². The van der Waals surface area contributed by atoms with E-state index in [2.05, 4.69) is 9.98 Å². The van der Waals surface area contributed by atoms with Crippen molar-refractivity contribution in [3.05, 3.63) is 52.0 Å². The van der Waals surface area contributed by atoms with Gasteiger partial charge in [-0.2, -0.15) is 0 Å². The number of ether oxygens (including phenoxy) is 1. The Morgan fingerprint density at radius 3 is 2.45 bits per heavy atom. The minimum absolute atomic E-state index is 0.0527. The van der Waals surface area contributed by atoms with Gasteiger partial charge in [-0.15, -0.1) is 0 Å². The largest absolute Gasteiger partial charge is 0.477 e. The first-order valence-electron chi connectivity index (χ1n) is 9.01. The summed E-state index contributed by atoms with van der Waals surface area (Å²) in [6.45, 7) is 4.21. The number of aromatic nitrogens is 2. The number of methoxy groups -OCH3 is 1. The second-order valence-corrected chi connectivity index (χ2v) is 7.89. The van der Waals surface area contributed by atoms with Crippen molar-refractivity contribution in [1.29, 1.82) is 0 Å². The van der Waals surface area contributed by atoms with Gasteiger partial charge in [0, 0.05) is 34.9 Å². The molecule has 0 fully saturated rings. The highest BCUT2D eigenvalue weighted by atomic mass is 35.5. The first kappa shape index (κ1) is 22.9. The quantitative estimate of drug-likeness (QED) is 0.472. The van der Waals surface area contributed by atoms with Crippen molar-refractivity contribution >= 4 is 40.9 Å². The molecule has 0 radical (unpaired) electrons. The fourth-order valence-corrected chi connectivity index (χ4v) is 3.42. The van der Waals surface area contributed by atoms with Crippen LogP contribution in [0.25, 0.3) is 0 Å². The lowest BCUT2D eigenvalue weighted by Crippen LogP contribution is -2.28. The molecule has 0 unspecified atom stereocenters. The van der Waals surface area contributed by atoms with Crippen LogP contribution in [0.5, 0.6) is 0 Å². The number of aliphatic imine (C=N–C) groups is 1. The lowest BCUT2D eigenvalue weighted by atomic mass is 10.1. The summed E-state index contributed by atoms with van der Waals surface area (Å²) in [7, 11) is 1.25. The Hall–Kier alpha value is -2.38. The van der Waals surface area contributed by atoms with Gasteiger partial charge in [-0.05, 0) is 36.1 Å². The van der Waals surface area contributed by atoms with Crippen LogP contribution in [0.1, 0.15) is 31.5 Å². The number of nitrogens with zero attached hydrogens (tertiary/aromatic N) is 3. The van der Waals surface area contributed by atoms with E-state index in [1.807, 2.05) is 18.4 Å². The number of hydrogen-bond acceptors (Lipinski definition) is 5. The summed E-state index contributed by atoms with van der Waals surface area (Å²) in [5.41, 5.74) is 1.52. The van der Waals surface area contributed by atoms with Crippen LogP contribution in [0.3, 0.4) is 0 Å². The van der Waals surface area contributed by atoms with Crippen LogP contribution in [0, 0.1) is 5.92 Å². The molecule has 2 aromatic rings. The number of esters is 1. The predicted octanol–water partition coefficient (Wildman–Crippen LogP) is 3.89. The number of carboxylic acids is 1. The molecule has 0 aliphatic heterocycles. The van der Waals surface area contributed by atoms with Crippen LogP contribution in [-0.4, -0.2) is 45.5 Å². The molecule has 29 heavy (non-hydrogen) atoms. The average molecular weight is 440 g/mol. The number of imidazole rings is 1. The summed E-state index contributed by atoms with van der Waals surface area (Å²) in [5, 5.41) is 10.5. The van der Waals surface area contributed by atoms with Crippen LogP contribution in [0.2, 0.25) is 10.0 Å². The SMILES string of the molecule is COC(=O)[C@H](Cc1cncn1Cc1cc(Cl)cc(Cl)c1)N=C(CC(C)C)C(=O)O. The molecular weight excluding hydrogens is 417 g/mol. The van der Waals surface area contributed by atoms with Gasteiger partial charge in [0.05, 0.1) is 13.4 Å². The fraction of sp³-hybridized carbons (Fsp3) is 0.400. The third kappa shape index (κ3) is 6.87. The highest BCUT2D eigenvalue weighted by molar-refractivity contribution is 6.36. The number of benzene rings is 1. The number of hydrogen-bond donors (Lipinski definition) is 1. The zero-order valence-corrected chi connectivity index (χ0v) is 17.9. The molecule has 0 spiro atoms. The third-order valence-corrected chi connectivity index (χ3v) is 4.55. The molecule has 0 aliphatic rings. The van der Waals surface area contributed by atoms with Crippen LogP contribution in [-0.2, 0) is 27.3 Å². The van der Waals surface area contributed by atoms with Crippen molar-refractivity contribution in [2.45, 2.75) is 39.3 Å². The summed E-state index contributed by atoms with van der Waals surface area (Å²) >= 11 is 12.1. The molecule has 156 valence electrons. The van der Waals surface area contributed by atoms with E-state index >= 15 is 0 Å². The van der Waals surface area contributed by atoms with E-state index < -0.39 is 18.0 Å². The molecule has 0 saturated carbocycles. The number of halogens is 2. The number of carbonyl (C=O) groups is 2. The summed E-state index contributed by atoms with van der Waals surface area (Å²) in [4.78, 5) is 32.1. The van der Waals surface area contributed by atoms with Gasteiger partial charge in [-0.1, -0.05) is 37.0 Å². The molecule has 0 aliphatic carbocycles. The van der Waals surface area contributed by atoms with E-state index in [-0.39, 0.29) is 24.5 Å². The van der Waals surface area contributed by atoms with E-state index in [1.54, 1.807) is 30.7 Å². The monoisotopic (exact) mass is 439 g/mol. The standard InChI is InChI=1S/C20H23Cl2N3O4/c1-12(2)4-17(19(26)27)24-18(20(28)29-3)8-16-9-23-11-25(16)10-13-5-14(21)7-15(22)6-13/h5-7,9,11-12,18H,4,8,10H2,1-3H3,(H,26,27)/t18-/m0/s1. The molecule has 7 nitrogen and oxygen atoms in total. The summed E-state index contributed by atoms with van der Waals surface area (Å²) in [6, 6.07) is 4.24. The Morgan fingerprint density at radius 1 is 1.24 bits per heavy atom. The van der Waals surface area contributed by atoms with Crippen molar-refractivity contribution in [2.75, 3.05) is 7.11 Å². The molecular formula is C20H23Cl2N3O4. The van der Waals surface area contributed by atoms with Crippen molar-refractivity contribution in [3.63, 3.8) is 0 Å². The number of carbonyl (C=O) groups excluding carboxylic acids is 1. The fourth-order valence-electron chi connectivity index (χ4n) is 2.85. The number of carboxylic acid groups (broad SMARTS) is 1. The maximum absolute atomic E-state index is 12.3. The smallest absolute Gasteiger partial charge is 0.349 e. The van der Waals surface area contributed by atoms with E-state index in [0.717, 1.165) is 5.56 Å². The molecule has 1 aromatic carbocycles. The molecule has 0 bridgehead atoms. The molecule has 1 atom stereocenters. The summed E-state index contributed by atoms with van der Waals surface area (Å²) < 4.78 is 6.66. The lowest BCUT2D eigenvalue weighted by molar-refractivity contribution is -0.142. The van der Waals surface area contributed by atoms with Gasteiger partial charge >= 0.3 is 11.9 Å². The summed E-state index contributed by atoms with van der Waals surface area (Å²) in [5.74, 6) is -1.66. The maximum Gasteiger partial charge on any atom is 0.349 e. The zero-order chi connectivity index (χ0) is 21.6. The van der Waals surface area contributed by atoms with Gasteiger partial charge in [-0.3, -0.25) is 4.99 Å². The second kappa shape index (κ2) is 10.4. The molecule has 0 amide bonds. The van der Waals surface area contributed by atoms with Crippen LogP contribution in [0.4, 0.5) is 0 Å². The second-order valence-electron chi connectivity index (χ2n) is 7.01. The minimum Gasteiger partial charge on any atom is -0.477 e. The lowest BCUT2D eigenvalue weighted by Gasteiger charge is -2.15. The maximum atomic E-state index is 12.3. The van der Waals surface area contributed by atoms with Crippen LogP contribution in [0.15, 0.2) is 35.7 Å². The van der Waals surface area contributed by atoms with Gasteiger partial charge < -0.3 is 14.4 Å². The zero-order valence-electron chi connectivity index (χ0n) is 16.4. The Labute approximate surface area is 179 Å². The van der Waals surface area contributed by atoms with Gasteiger partial charge in [-0.25, -0.2) is 14.6 Å². The summed E-state index contributed by atoms with van der Waals surface area (Å²) in [6.07, 6.45) is 3.63. The Kier molecular flexibility index (Phi) is 8.22. The third-order valence-electron chi connectivity index (χ3n) is 4.11. The molecule has 1 heterocycles. The predicted molar refractivity (Wildman–Crippen MR) is 112 cm³/mol. The first-order valence-corrected chi connectivity index (χ1v) is 9.77. The Balaban J connectivity index is 2.29. The number of aliphatic carboxylic acids is 1.